The first-order valence-electron chi connectivity index (χ1n) is 17.0. The minimum Gasteiger partial charge on any atom is -0.444 e. The quantitative estimate of drug-likeness (QED) is 0.387. The van der Waals surface area contributed by atoms with Crippen LogP contribution in [-0.2, 0) is 34.0 Å². The molecule has 2 aliphatic carbocycles. The van der Waals surface area contributed by atoms with E-state index < -0.39 is 73.8 Å². The van der Waals surface area contributed by atoms with E-state index in [1.165, 1.54) is 4.90 Å². The minimum atomic E-state index is -3.88. The molecular weight excluding hydrogens is 674 g/mol. The maximum atomic E-state index is 14.4. The smallest absolute Gasteiger partial charge is 0.408 e. The number of nitrogens with one attached hydrogen (secondary N) is 3. The van der Waals surface area contributed by atoms with Gasteiger partial charge in [-0.3, -0.25) is 19.1 Å². The Balaban J connectivity index is 1.30. The van der Waals surface area contributed by atoms with Crippen LogP contribution >= 0.6 is 11.6 Å². The van der Waals surface area contributed by atoms with Crippen molar-refractivity contribution in [2.45, 2.75) is 119 Å². The Morgan fingerprint density at radius 3 is 2.61 bits per heavy atom. The van der Waals surface area contributed by atoms with Crippen LogP contribution < -0.4 is 15.4 Å². The number of sulfonamides is 1. The first-order chi connectivity index (χ1) is 23.1. The SMILES string of the molecule is CC(C)(C)OC(=O)N[C@H]1CCCCCC=C[C@@H]2C[C@@]2(C(=O)NS(=O)(=O)C2CC2)NC(=O)[C@@H]2C[C@@]3(CC(c4cccc(Cl)c4)=NO3)CN2C1=O. The highest BCUT2D eigenvalue weighted by Crippen LogP contribution is 2.47. The number of nitrogens with zero attached hydrogens (tertiary/aromatic N) is 2. The Labute approximate surface area is 291 Å². The molecule has 2 saturated carbocycles. The van der Waals surface area contributed by atoms with Gasteiger partial charge in [-0.15, -0.1) is 0 Å². The number of fused-ring (bicyclic) bond motifs is 2. The summed E-state index contributed by atoms with van der Waals surface area (Å²) in [6.45, 7) is 5.17. The van der Waals surface area contributed by atoms with Crippen LogP contribution in [0.4, 0.5) is 4.79 Å². The van der Waals surface area contributed by atoms with Crippen LogP contribution in [0.3, 0.4) is 0 Å². The van der Waals surface area contributed by atoms with Crippen LogP contribution in [0.1, 0.15) is 90.5 Å². The summed E-state index contributed by atoms with van der Waals surface area (Å²) in [7, 11) is -3.88. The van der Waals surface area contributed by atoms with Crippen LogP contribution in [0.2, 0.25) is 5.02 Å². The average Bonchev–Trinajstić information content (AvgIpc) is 3.92. The minimum absolute atomic E-state index is 0.0113. The molecule has 0 unspecified atom stereocenters. The van der Waals surface area contributed by atoms with Crippen molar-refractivity contribution in [1.82, 2.24) is 20.3 Å². The molecule has 49 heavy (non-hydrogen) atoms. The van der Waals surface area contributed by atoms with Gasteiger partial charge in [-0.05, 0) is 71.4 Å². The summed E-state index contributed by atoms with van der Waals surface area (Å²) in [5.41, 5.74) is -2.00. The molecule has 0 radical (unpaired) electrons. The lowest BCUT2D eigenvalue weighted by Crippen LogP contribution is -2.58. The predicted molar refractivity (Wildman–Crippen MR) is 181 cm³/mol. The number of hydrogen-bond acceptors (Lipinski definition) is 9. The lowest BCUT2D eigenvalue weighted by Gasteiger charge is -2.30. The Kier molecular flexibility index (Phi) is 9.50. The van der Waals surface area contributed by atoms with Crippen molar-refractivity contribution < 1.29 is 37.2 Å². The zero-order valence-corrected chi connectivity index (χ0v) is 29.6. The third-order valence-electron chi connectivity index (χ3n) is 9.67. The van der Waals surface area contributed by atoms with E-state index in [4.69, 9.17) is 21.2 Å². The third kappa shape index (κ3) is 7.90. The molecule has 3 aliphatic heterocycles. The lowest BCUT2D eigenvalue weighted by atomic mass is 9.91. The maximum absolute atomic E-state index is 14.4. The predicted octanol–water partition coefficient (Wildman–Crippen LogP) is 3.70. The molecule has 5 aliphatic rings. The molecule has 3 fully saturated rings. The van der Waals surface area contributed by atoms with Crippen LogP contribution in [0, 0.1) is 5.92 Å². The van der Waals surface area contributed by atoms with Crippen molar-refractivity contribution in [3.63, 3.8) is 0 Å². The summed E-state index contributed by atoms with van der Waals surface area (Å²) in [6.07, 6.45) is 7.77. The van der Waals surface area contributed by atoms with E-state index in [1.807, 2.05) is 18.2 Å². The van der Waals surface area contributed by atoms with E-state index in [-0.39, 0.29) is 25.8 Å². The number of carbonyl (C=O) groups is 4. The van der Waals surface area contributed by atoms with Crippen LogP contribution in [0.5, 0.6) is 0 Å². The maximum Gasteiger partial charge on any atom is 0.408 e. The molecule has 0 aromatic heterocycles. The first-order valence-corrected chi connectivity index (χ1v) is 18.9. The second-order valence-corrected chi connectivity index (χ2v) is 17.3. The van der Waals surface area contributed by atoms with Crippen molar-refractivity contribution >= 4 is 51.2 Å². The zero-order valence-electron chi connectivity index (χ0n) is 28.0. The van der Waals surface area contributed by atoms with E-state index in [9.17, 15) is 27.6 Å². The highest BCUT2D eigenvalue weighted by Gasteiger charge is 2.63. The van der Waals surface area contributed by atoms with E-state index in [0.29, 0.717) is 42.8 Å². The van der Waals surface area contributed by atoms with Crippen molar-refractivity contribution in [3.8, 4) is 0 Å². The normalized spacial score (nSPS) is 30.6. The summed E-state index contributed by atoms with van der Waals surface area (Å²) >= 11 is 6.23. The number of allylic oxidation sites excluding steroid dienone is 1. The molecule has 1 aromatic rings. The average molecular weight is 718 g/mol. The van der Waals surface area contributed by atoms with Gasteiger partial charge in [0.25, 0.3) is 5.91 Å². The largest absolute Gasteiger partial charge is 0.444 e. The molecule has 266 valence electrons. The van der Waals surface area contributed by atoms with Gasteiger partial charge in [0.15, 0.2) is 5.60 Å². The Bertz CT molecular complexity index is 1690. The monoisotopic (exact) mass is 717 g/mol. The first kappa shape index (κ1) is 35.2. The fourth-order valence-electron chi connectivity index (χ4n) is 6.87. The molecular formula is C34H44ClN5O8S. The van der Waals surface area contributed by atoms with E-state index in [1.54, 1.807) is 39.0 Å². The molecule has 13 nitrogen and oxygen atoms in total. The van der Waals surface area contributed by atoms with Gasteiger partial charge in [-0.25, -0.2) is 13.2 Å². The number of ether oxygens (including phenoxy) is 1. The molecule has 3 heterocycles. The van der Waals surface area contributed by atoms with Crippen molar-refractivity contribution in [2.24, 2.45) is 11.1 Å². The topological polar surface area (TPSA) is 173 Å². The molecule has 15 heteroatoms. The highest BCUT2D eigenvalue weighted by atomic mass is 35.5. The molecule has 5 atom stereocenters. The summed E-state index contributed by atoms with van der Waals surface area (Å²) in [5.74, 6) is -2.31. The number of benzene rings is 1. The van der Waals surface area contributed by atoms with Gasteiger partial charge in [-0.2, -0.15) is 0 Å². The second-order valence-electron chi connectivity index (χ2n) is 14.9. The number of amides is 4. The van der Waals surface area contributed by atoms with Gasteiger partial charge >= 0.3 is 6.09 Å². The Morgan fingerprint density at radius 2 is 1.90 bits per heavy atom. The molecule has 6 rings (SSSR count). The van der Waals surface area contributed by atoms with Crippen molar-refractivity contribution in [1.29, 1.82) is 0 Å². The van der Waals surface area contributed by atoms with Crippen LogP contribution in [-0.4, -0.2) is 83.5 Å². The summed E-state index contributed by atoms with van der Waals surface area (Å²) in [6, 6.07) is 5.04. The fraction of sp³-hybridized carbons (Fsp3) is 0.618. The number of rotatable bonds is 5. The van der Waals surface area contributed by atoms with Gasteiger partial charge in [0.2, 0.25) is 21.8 Å². The Hall–Kier alpha value is -3.65. The van der Waals surface area contributed by atoms with E-state index in [2.05, 4.69) is 20.5 Å². The number of alkyl carbamates (subject to hydrolysis) is 1. The van der Waals surface area contributed by atoms with Gasteiger partial charge in [0.1, 0.15) is 23.2 Å². The summed E-state index contributed by atoms with van der Waals surface area (Å²) in [4.78, 5) is 62.7. The molecule has 1 aromatic carbocycles. The Morgan fingerprint density at radius 1 is 1.12 bits per heavy atom. The van der Waals surface area contributed by atoms with Gasteiger partial charge in [0.05, 0.1) is 17.5 Å². The van der Waals surface area contributed by atoms with E-state index in [0.717, 1.165) is 18.4 Å². The molecule has 1 spiro atoms. The molecule has 4 amide bonds. The summed E-state index contributed by atoms with van der Waals surface area (Å²) in [5, 5.41) is 9.84. The molecule has 1 saturated heterocycles. The fourth-order valence-corrected chi connectivity index (χ4v) is 8.43. The second kappa shape index (κ2) is 13.2. The van der Waals surface area contributed by atoms with Gasteiger partial charge in [-0.1, -0.05) is 53.9 Å². The molecule has 3 N–H and O–H groups in total. The number of oxime groups is 1. The van der Waals surface area contributed by atoms with Crippen LogP contribution in [0.15, 0.2) is 41.6 Å². The molecule has 0 bridgehead atoms. The van der Waals surface area contributed by atoms with Gasteiger partial charge in [0, 0.05) is 29.3 Å². The highest BCUT2D eigenvalue weighted by molar-refractivity contribution is 7.91. The number of carbonyl (C=O) groups excluding carboxylic acids is 4. The van der Waals surface area contributed by atoms with Crippen molar-refractivity contribution in [3.05, 3.63) is 47.0 Å². The summed E-state index contributed by atoms with van der Waals surface area (Å²) < 4.78 is 33.2. The lowest BCUT2D eigenvalue weighted by molar-refractivity contribution is -0.141. The van der Waals surface area contributed by atoms with Crippen LogP contribution in [0.25, 0.3) is 0 Å². The standard InChI is InChI=1S/C34H44ClN5O8S/c1-32(2,3)47-31(44)36-25-13-8-6-4-5-7-11-22-17-34(22,30(43)39-49(45,46)24-14-15-24)37-28(41)27-19-33(20-40(27)29(25)42)18-26(38-48-33)21-10-9-12-23(35)16-21/h7,9-12,16,22,24-25,27H,4-6,8,13-15,17-20H2,1-3H3,(H,36,44)(H,37,41)(H,39,43)/t22-,25+,27+,33+,34-/m1/s1. The third-order valence-corrected chi connectivity index (χ3v) is 11.7. The number of hydrogen-bond donors (Lipinski definition) is 3. The van der Waals surface area contributed by atoms with E-state index >= 15 is 0 Å². The van der Waals surface area contributed by atoms with Crippen molar-refractivity contribution in [2.75, 3.05) is 6.54 Å². The van der Waals surface area contributed by atoms with Gasteiger partial charge < -0.3 is 25.1 Å². The zero-order chi connectivity index (χ0) is 35.2. The number of halogens is 1.